The number of nitrogens with zero attached hydrogens (tertiary/aromatic N) is 3. The zero-order valence-electron chi connectivity index (χ0n) is 20.2. The molecule has 2 aromatic heterocycles. The van der Waals surface area contributed by atoms with Crippen molar-refractivity contribution in [3.8, 4) is 0 Å². The van der Waals surface area contributed by atoms with E-state index in [0.29, 0.717) is 23.9 Å². The molecule has 0 saturated carbocycles. The third kappa shape index (κ3) is 5.80. The average Bonchev–Trinajstić information content (AvgIpc) is 3.28. The average molecular weight is 526 g/mol. The second-order valence-electron chi connectivity index (χ2n) is 8.57. The number of hydrogen-bond acceptors (Lipinski definition) is 5. The molecule has 1 amide bonds. The van der Waals surface area contributed by atoms with Crippen molar-refractivity contribution >= 4 is 38.2 Å². The summed E-state index contributed by atoms with van der Waals surface area (Å²) in [5.74, 6) is -0.674. The van der Waals surface area contributed by atoms with Gasteiger partial charge in [-0.1, -0.05) is 37.3 Å². The highest BCUT2D eigenvalue weighted by Gasteiger charge is 2.30. The number of pyridine rings is 1. The van der Waals surface area contributed by atoms with Crippen LogP contribution in [0.4, 0.5) is 4.39 Å². The van der Waals surface area contributed by atoms with E-state index in [1.807, 2.05) is 37.4 Å². The fourth-order valence-electron chi connectivity index (χ4n) is 3.99. The first kappa shape index (κ1) is 25.9. The number of amides is 1. The molecular formula is C27H28FN3O3S2. The summed E-state index contributed by atoms with van der Waals surface area (Å²) in [6, 6.07) is 16.6. The molecule has 0 bridgehead atoms. The van der Waals surface area contributed by atoms with Crippen LogP contribution in [-0.2, 0) is 27.9 Å². The molecule has 4 rings (SSSR count). The van der Waals surface area contributed by atoms with Crippen LogP contribution in [0, 0.1) is 12.7 Å². The fourth-order valence-corrected chi connectivity index (χ4v) is 6.56. The zero-order valence-corrected chi connectivity index (χ0v) is 21.9. The van der Waals surface area contributed by atoms with Gasteiger partial charge < -0.3 is 4.90 Å². The molecule has 4 aromatic rings. The summed E-state index contributed by atoms with van der Waals surface area (Å²) in [6.07, 6.45) is 2.11. The first-order chi connectivity index (χ1) is 17.3. The van der Waals surface area contributed by atoms with Gasteiger partial charge in [-0.05, 0) is 60.2 Å². The summed E-state index contributed by atoms with van der Waals surface area (Å²) in [6.45, 7) is 4.33. The molecule has 2 heterocycles. The van der Waals surface area contributed by atoms with Gasteiger partial charge >= 0.3 is 0 Å². The zero-order chi connectivity index (χ0) is 25.7. The Morgan fingerprint density at radius 1 is 1.03 bits per heavy atom. The number of hydrogen-bond donors (Lipinski definition) is 0. The number of fused-ring (bicyclic) bond motifs is 1. The van der Waals surface area contributed by atoms with Gasteiger partial charge in [0.15, 0.2) is 0 Å². The van der Waals surface area contributed by atoms with Crippen molar-refractivity contribution in [2.24, 2.45) is 0 Å². The van der Waals surface area contributed by atoms with Crippen LogP contribution in [0.5, 0.6) is 0 Å². The number of carbonyl (C=O) groups excluding carboxylic acids is 1. The smallest absolute Gasteiger partial charge is 0.245 e. The standard InChI is InChI=1S/C27H28FN3O3S2/c1-3-15-31(36(33,34)25-8-4-6-22-7-5-14-29-27(22)25)19-26(32)30(18-24-20(2)13-16-35-24)17-21-9-11-23(28)12-10-21/h4-14,16H,3,15,17-19H2,1-2H3. The molecular weight excluding hydrogens is 497 g/mol. The number of thiophene rings is 1. The van der Waals surface area contributed by atoms with Gasteiger partial charge in [0, 0.05) is 29.5 Å². The molecule has 0 atom stereocenters. The number of sulfonamides is 1. The molecule has 36 heavy (non-hydrogen) atoms. The number of rotatable bonds is 10. The van der Waals surface area contributed by atoms with Gasteiger partial charge in [-0.3, -0.25) is 9.78 Å². The number of benzene rings is 2. The van der Waals surface area contributed by atoms with Gasteiger partial charge in [-0.2, -0.15) is 4.31 Å². The van der Waals surface area contributed by atoms with Crippen LogP contribution in [-0.4, -0.2) is 41.6 Å². The molecule has 0 aliphatic carbocycles. The van der Waals surface area contributed by atoms with E-state index >= 15 is 0 Å². The van der Waals surface area contributed by atoms with E-state index in [1.54, 1.807) is 46.7 Å². The van der Waals surface area contributed by atoms with Crippen molar-refractivity contribution in [3.05, 3.63) is 94.1 Å². The summed E-state index contributed by atoms with van der Waals surface area (Å²) in [4.78, 5) is 20.6. The van der Waals surface area contributed by atoms with Crippen LogP contribution in [0.25, 0.3) is 10.9 Å². The van der Waals surface area contributed by atoms with Gasteiger partial charge in [-0.25, -0.2) is 12.8 Å². The molecule has 0 spiro atoms. The highest BCUT2D eigenvalue weighted by atomic mass is 32.2. The Bertz CT molecular complexity index is 1450. The third-order valence-electron chi connectivity index (χ3n) is 5.94. The quantitative estimate of drug-likeness (QED) is 0.279. The first-order valence-electron chi connectivity index (χ1n) is 11.7. The number of halogens is 1. The predicted molar refractivity (Wildman–Crippen MR) is 141 cm³/mol. The minimum Gasteiger partial charge on any atom is -0.332 e. The number of aryl methyl sites for hydroxylation is 1. The molecule has 2 aromatic carbocycles. The maximum atomic E-state index is 13.7. The van der Waals surface area contributed by atoms with Gasteiger partial charge in [0.05, 0.1) is 18.6 Å². The SMILES string of the molecule is CCCN(CC(=O)N(Cc1ccc(F)cc1)Cc1sccc1C)S(=O)(=O)c1cccc2cccnc12. The van der Waals surface area contributed by atoms with E-state index in [1.165, 1.54) is 22.5 Å². The Kier molecular flexibility index (Phi) is 8.13. The van der Waals surface area contributed by atoms with Crippen molar-refractivity contribution in [1.82, 2.24) is 14.2 Å². The monoisotopic (exact) mass is 525 g/mol. The van der Waals surface area contributed by atoms with Gasteiger partial charge in [0.2, 0.25) is 15.9 Å². The Morgan fingerprint density at radius 2 is 1.78 bits per heavy atom. The van der Waals surface area contributed by atoms with Gasteiger partial charge in [-0.15, -0.1) is 11.3 Å². The molecule has 9 heteroatoms. The highest BCUT2D eigenvalue weighted by molar-refractivity contribution is 7.89. The molecule has 0 N–H and O–H groups in total. The second-order valence-corrected chi connectivity index (χ2v) is 11.5. The minimum atomic E-state index is -3.99. The van der Waals surface area contributed by atoms with E-state index in [4.69, 9.17) is 0 Å². The summed E-state index contributed by atoms with van der Waals surface area (Å²) in [5.41, 5.74) is 2.21. The molecule has 0 unspecified atom stereocenters. The van der Waals surface area contributed by atoms with Crippen molar-refractivity contribution in [3.63, 3.8) is 0 Å². The van der Waals surface area contributed by atoms with Crippen LogP contribution in [0.3, 0.4) is 0 Å². The minimum absolute atomic E-state index is 0.0843. The molecule has 0 aliphatic rings. The van der Waals surface area contributed by atoms with Gasteiger partial charge in [0.1, 0.15) is 10.7 Å². The Morgan fingerprint density at radius 3 is 2.47 bits per heavy atom. The molecule has 0 fully saturated rings. The van der Waals surface area contributed by atoms with Crippen LogP contribution in [0.1, 0.15) is 29.3 Å². The third-order valence-corrected chi connectivity index (χ3v) is 8.82. The maximum absolute atomic E-state index is 13.7. The van der Waals surface area contributed by atoms with E-state index in [-0.39, 0.29) is 36.3 Å². The largest absolute Gasteiger partial charge is 0.332 e. The van der Waals surface area contributed by atoms with E-state index in [2.05, 4.69) is 4.98 Å². The summed E-state index contributed by atoms with van der Waals surface area (Å²) < 4.78 is 42.2. The Labute approximate surface area is 215 Å². The molecule has 0 saturated heterocycles. The van der Waals surface area contributed by atoms with Crippen LogP contribution < -0.4 is 0 Å². The number of para-hydroxylation sites is 1. The lowest BCUT2D eigenvalue weighted by molar-refractivity contribution is -0.132. The molecule has 0 radical (unpaired) electrons. The number of carbonyl (C=O) groups is 1. The van der Waals surface area contributed by atoms with Crippen molar-refractivity contribution in [2.75, 3.05) is 13.1 Å². The fraction of sp³-hybridized carbons (Fsp3) is 0.259. The second kappa shape index (κ2) is 11.3. The number of aromatic nitrogens is 1. The first-order valence-corrected chi connectivity index (χ1v) is 14.0. The summed E-state index contributed by atoms with van der Waals surface area (Å²) in [5, 5.41) is 2.68. The molecule has 0 aliphatic heterocycles. The van der Waals surface area contributed by atoms with Crippen molar-refractivity contribution < 1.29 is 17.6 Å². The molecule has 188 valence electrons. The predicted octanol–water partition coefficient (Wildman–Crippen LogP) is 5.37. The van der Waals surface area contributed by atoms with Gasteiger partial charge in [0.25, 0.3) is 0 Å². The Hall–Kier alpha value is -3.14. The van der Waals surface area contributed by atoms with Crippen molar-refractivity contribution in [2.45, 2.75) is 38.3 Å². The topological polar surface area (TPSA) is 70.6 Å². The normalized spacial score (nSPS) is 11.8. The van der Waals surface area contributed by atoms with Crippen LogP contribution >= 0.6 is 11.3 Å². The lowest BCUT2D eigenvalue weighted by atomic mass is 10.2. The molecule has 6 nitrogen and oxygen atoms in total. The van der Waals surface area contributed by atoms with E-state index < -0.39 is 10.0 Å². The van der Waals surface area contributed by atoms with Crippen molar-refractivity contribution in [1.29, 1.82) is 0 Å². The summed E-state index contributed by atoms with van der Waals surface area (Å²) in [7, 11) is -3.99. The lowest BCUT2D eigenvalue weighted by Crippen LogP contribution is -2.42. The van der Waals surface area contributed by atoms with Crippen LogP contribution in [0.2, 0.25) is 0 Å². The van der Waals surface area contributed by atoms with E-state index in [0.717, 1.165) is 16.0 Å². The highest BCUT2D eigenvalue weighted by Crippen LogP contribution is 2.25. The lowest BCUT2D eigenvalue weighted by Gasteiger charge is -2.27. The maximum Gasteiger partial charge on any atom is 0.245 e. The van der Waals surface area contributed by atoms with Crippen LogP contribution in [0.15, 0.2) is 77.1 Å². The summed E-state index contributed by atoms with van der Waals surface area (Å²) >= 11 is 1.55. The van der Waals surface area contributed by atoms with E-state index in [9.17, 15) is 17.6 Å². The Balaban J connectivity index is 1.64.